The molecule has 136 valence electrons. The van der Waals surface area contributed by atoms with Crippen LogP contribution in [0.2, 0.25) is 0 Å². The quantitative estimate of drug-likeness (QED) is 0.818. The number of hydrogen-bond acceptors (Lipinski definition) is 5. The summed E-state index contributed by atoms with van der Waals surface area (Å²) in [6.45, 7) is 2.49. The molecule has 4 rings (SSSR count). The van der Waals surface area contributed by atoms with Crippen LogP contribution in [-0.4, -0.2) is 58.4 Å². The SMILES string of the molecule is N/C=C\N(C(=O)N1C=C(C2CCN=C3CCCCCN32)NC1)C1CC1. The molecule has 1 aliphatic carbocycles. The van der Waals surface area contributed by atoms with Gasteiger partial charge in [-0.3, -0.25) is 14.8 Å². The Morgan fingerprint density at radius 1 is 1.32 bits per heavy atom. The van der Waals surface area contributed by atoms with E-state index >= 15 is 0 Å². The van der Waals surface area contributed by atoms with E-state index in [9.17, 15) is 4.79 Å². The maximum Gasteiger partial charge on any atom is 0.329 e. The second-order valence-corrected chi connectivity index (χ2v) is 7.26. The van der Waals surface area contributed by atoms with Gasteiger partial charge in [-0.25, -0.2) is 4.79 Å². The highest BCUT2D eigenvalue weighted by atomic mass is 16.2. The maximum absolute atomic E-state index is 12.8. The molecule has 0 aromatic carbocycles. The first-order valence-corrected chi connectivity index (χ1v) is 9.51. The third kappa shape index (κ3) is 3.32. The Morgan fingerprint density at radius 2 is 2.20 bits per heavy atom. The van der Waals surface area contributed by atoms with Crippen molar-refractivity contribution in [1.29, 1.82) is 0 Å². The Hall–Kier alpha value is -2.18. The predicted molar refractivity (Wildman–Crippen MR) is 97.4 cm³/mol. The smallest absolute Gasteiger partial charge is 0.329 e. The fraction of sp³-hybridized carbons (Fsp3) is 0.667. The van der Waals surface area contributed by atoms with Gasteiger partial charge in [0.2, 0.25) is 0 Å². The fourth-order valence-electron chi connectivity index (χ4n) is 4.01. The summed E-state index contributed by atoms with van der Waals surface area (Å²) < 4.78 is 0. The zero-order valence-corrected chi connectivity index (χ0v) is 14.7. The number of hydrogen-bond donors (Lipinski definition) is 2. The van der Waals surface area contributed by atoms with E-state index in [-0.39, 0.29) is 6.03 Å². The van der Waals surface area contributed by atoms with Crippen molar-refractivity contribution in [1.82, 2.24) is 20.0 Å². The summed E-state index contributed by atoms with van der Waals surface area (Å²) in [7, 11) is 0. The van der Waals surface area contributed by atoms with Crippen LogP contribution >= 0.6 is 0 Å². The zero-order chi connectivity index (χ0) is 17.2. The number of aliphatic imine (C=N–C) groups is 1. The first kappa shape index (κ1) is 16.3. The topological polar surface area (TPSA) is 77.2 Å². The zero-order valence-electron chi connectivity index (χ0n) is 14.7. The van der Waals surface area contributed by atoms with Crippen molar-refractivity contribution in [3.05, 3.63) is 24.3 Å². The van der Waals surface area contributed by atoms with Gasteiger partial charge in [-0.1, -0.05) is 6.42 Å². The lowest BCUT2D eigenvalue weighted by atomic mass is 10.1. The van der Waals surface area contributed by atoms with E-state index in [1.165, 1.54) is 31.3 Å². The number of nitrogens with one attached hydrogen (secondary N) is 1. The van der Waals surface area contributed by atoms with Crippen LogP contribution in [0.5, 0.6) is 0 Å². The molecule has 0 aromatic rings. The van der Waals surface area contributed by atoms with E-state index < -0.39 is 0 Å². The van der Waals surface area contributed by atoms with Crippen LogP contribution in [0.15, 0.2) is 29.3 Å². The highest BCUT2D eigenvalue weighted by molar-refractivity contribution is 5.84. The highest BCUT2D eigenvalue weighted by Crippen LogP contribution is 2.30. The van der Waals surface area contributed by atoms with Gasteiger partial charge in [0.25, 0.3) is 0 Å². The standard InChI is InChI=1S/C18H28N6O/c19-8-11-23(14-5-6-14)18(25)22-12-15(21-13-22)16-7-9-20-17-4-2-1-3-10-24(16)17/h8,11-12,14,16,21H,1-7,9-10,13,19H2/b11-8-. The van der Waals surface area contributed by atoms with Gasteiger partial charge >= 0.3 is 6.03 Å². The van der Waals surface area contributed by atoms with Crippen molar-refractivity contribution in [3.63, 3.8) is 0 Å². The number of carbonyl (C=O) groups is 1. The molecule has 2 amide bonds. The van der Waals surface area contributed by atoms with Gasteiger partial charge in [0.15, 0.2) is 0 Å². The summed E-state index contributed by atoms with van der Waals surface area (Å²) >= 11 is 0. The van der Waals surface area contributed by atoms with E-state index in [1.807, 2.05) is 6.20 Å². The molecule has 3 N–H and O–H groups in total. The van der Waals surface area contributed by atoms with E-state index in [0.717, 1.165) is 44.5 Å². The number of amides is 2. The molecule has 1 saturated carbocycles. The molecule has 7 nitrogen and oxygen atoms in total. The third-order valence-electron chi connectivity index (χ3n) is 5.46. The van der Waals surface area contributed by atoms with E-state index in [4.69, 9.17) is 10.7 Å². The number of urea groups is 1. The van der Waals surface area contributed by atoms with E-state index in [0.29, 0.717) is 18.8 Å². The summed E-state index contributed by atoms with van der Waals surface area (Å²) in [6.07, 6.45) is 13.1. The Bertz CT molecular complexity index is 609. The molecule has 7 heteroatoms. The number of rotatable bonds is 3. The van der Waals surface area contributed by atoms with Gasteiger partial charge in [-0.2, -0.15) is 0 Å². The normalized spacial score (nSPS) is 26.6. The molecule has 3 heterocycles. The number of fused-ring (bicyclic) bond motifs is 1. The summed E-state index contributed by atoms with van der Waals surface area (Å²) in [5, 5.41) is 3.45. The lowest BCUT2D eigenvalue weighted by Crippen LogP contribution is -2.46. The summed E-state index contributed by atoms with van der Waals surface area (Å²) in [6, 6.07) is 0.638. The van der Waals surface area contributed by atoms with Crippen LogP contribution in [0.3, 0.4) is 0 Å². The minimum Gasteiger partial charge on any atom is -0.403 e. The lowest BCUT2D eigenvalue weighted by Gasteiger charge is -2.37. The Balaban J connectivity index is 1.48. The predicted octanol–water partition coefficient (Wildman–Crippen LogP) is 1.75. The molecule has 0 spiro atoms. The van der Waals surface area contributed by atoms with Crippen LogP contribution in [0.1, 0.15) is 44.9 Å². The maximum atomic E-state index is 12.8. The average molecular weight is 344 g/mol. The summed E-state index contributed by atoms with van der Waals surface area (Å²) in [5.41, 5.74) is 6.67. The van der Waals surface area contributed by atoms with Crippen LogP contribution in [0.4, 0.5) is 4.79 Å². The van der Waals surface area contributed by atoms with Gasteiger partial charge in [0, 0.05) is 44.2 Å². The molecule has 0 bridgehead atoms. The Morgan fingerprint density at radius 3 is 3.00 bits per heavy atom. The van der Waals surface area contributed by atoms with Crippen molar-refractivity contribution in [2.24, 2.45) is 10.7 Å². The van der Waals surface area contributed by atoms with Crippen LogP contribution in [0.25, 0.3) is 0 Å². The molecule has 1 unspecified atom stereocenters. The molecule has 1 atom stereocenters. The van der Waals surface area contributed by atoms with Gasteiger partial charge in [0.1, 0.15) is 0 Å². The molecule has 0 radical (unpaired) electrons. The molecule has 25 heavy (non-hydrogen) atoms. The van der Waals surface area contributed by atoms with Crippen molar-refractivity contribution < 1.29 is 4.79 Å². The van der Waals surface area contributed by atoms with Crippen LogP contribution < -0.4 is 11.1 Å². The van der Waals surface area contributed by atoms with E-state index in [2.05, 4.69) is 10.2 Å². The van der Waals surface area contributed by atoms with Crippen molar-refractivity contribution in [2.45, 2.75) is 57.0 Å². The lowest BCUT2D eigenvalue weighted by molar-refractivity contribution is 0.186. The van der Waals surface area contributed by atoms with Crippen molar-refractivity contribution in [2.75, 3.05) is 19.8 Å². The first-order chi connectivity index (χ1) is 12.3. The monoisotopic (exact) mass is 344 g/mol. The van der Waals surface area contributed by atoms with Gasteiger partial charge < -0.3 is 16.0 Å². The highest BCUT2D eigenvalue weighted by Gasteiger charge is 2.36. The Kier molecular flexibility index (Phi) is 4.55. The molecule has 0 aromatic heterocycles. The minimum atomic E-state index is 0.00673. The Labute approximate surface area is 149 Å². The number of nitrogens with two attached hydrogens (primary N) is 1. The van der Waals surface area contributed by atoms with Crippen LogP contribution in [0, 0.1) is 0 Å². The van der Waals surface area contributed by atoms with Crippen molar-refractivity contribution in [3.8, 4) is 0 Å². The number of carbonyl (C=O) groups excluding carboxylic acids is 1. The van der Waals surface area contributed by atoms with E-state index in [1.54, 1.807) is 16.0 Å². The van der Waals surface area contributed by atoms with Gasteiger partial charge in [-0.05, 0) is 32.1 Å². The average Bonchev–Trinajstić information content (AvgIpc) is 3.40. The number of nitrogens with zero attached hydrogens (tertiary/aromatic N) is 4. The van der Waals surface area contributed by atoms with Gasteiger partial charge in [-0.15, -0.1) is 0 Å². The van der Waals surface area contributed by atoms with Crippen LogP contribution in [-0.2, 0) is 0 Å². The molecule has 1 saturated heterocycles. The number of amidine groups is 1. The summed E-state index contributed by atoms with van der Waals surface area (Å²) in [5.74, 6) is 1.26. The minimum absolute atomic E-state index is 0.00673. The second kappa shape index (κ2) is 6.98. The molecular weight excluding hydrogens is 316 g/mol. The molecule has 4 aliphatic rings. The molecule has 3 aliphatic heterocycles. The largest absolute Gasteiger partial charge is 0.403 e. The van der Waals surface area contributed by atoms with Crippen molar-refractivity contribution >= 4 is 11.9 Å². The second-order valence-electron chi connectivity index (χ2n) is 7.26. The first-order valence-electron chi connectivity index (χ1n) is 9.51. The fourth-order valence-corrected chi connectivity index (χ4v) is 4.01. The van der Waals surface area contributed by atoms with Gasteiger partial charge in [0.05, 0.1) is 24.2 Å². The summed E-state index contributed by atoms with van der Waals surface area (Å²) in [4.78, 5) is 23.6. The molecular formula is C18H28N6O. The molecule has 2 fully saturated rings. The third-order valence-corrected chi connectivity index (χ3v) is 5.46.